The van der Waals surface area contributed by atoms with Gasteiger partial charge in [0.2, 0.25) is 0 Å². The van der Waals surface area contributed by atoms with Crippen LogP contribution in [0.5, 0.6) is 0 Å². The zero-order valence-corrected chi connectivity index (χ0v) is 14.8. The van der Waals surface area contributed by atoms with Gasteiger partial charge in [0.1, 0.15) is 0 Å². The van der Waals surface area contributed by atoms with Gasteiger partial charge >= 0.3 is 0 Å². The standard InChI is InChI=1S/C23H15N3O2/c27-26(28)18-12-10-16(11-13-18)20-14-15-22-23(17-6-2-1-3-7-17)24-19-8-4-5-9-21(19)25(20)22/h1-15H. The molecule has 3 aromatic carbocycles. The molecule has 2 heterocycles. The van der Waals surface area contributed by atoms with Crippen molar-refractivity contribution in [2.45, 2.75) is 0 Å². The Kier molecular flexibility index (Phi) is 3.66. The first-order valence-corrected chi connectivity index (χ1v) is 8.93. The Morgan fingerprint density at radius 1 is 0.714 bits per heavy atom. The van der Waals surface area contributed by atoms with E-state index in [1.54, 1.807) is 12.1 Å². The first-order valence-electron chi connectivity index (χ1n) is 8.93. The lowest BCUT2D eigenvalue weighted by atomic mass is 10.1. The first-order chi connectivity index (χ1) is 13.7. The van der Waals surface area contributed by atoms with Gasteiger partial charge in [-0.3, -0.25) is 10.1 Å². The monoisotopic (exact) mass is 365 g/mol. The summed E-state index contributed by atoms with van der Waals surface area (Å²) in [5.74, 6) is 0. The van der Waals surface area contributed by atoms with Crippen LogP contribution in [0.1, 0.15) is 0 Å². The minimum absolute atomic E-state index is 0.0844. The van der Waals surface area contributed by atoms with Gasteiger partial charge in [-0.05, 0) is 42.0 Å². The topological polar surface area (TPSA) is 60.4 Å². The maximum atomic E-state index is 11.0. The van der Waals surface area contributed by atoms with Gasteiger partial charge in [-0.1, -0.05) is 42.5 Å². The number of hydrogen-bond donors (Lipinski definition) is 0. The molecule has 0 aliphatic carbocycles. The molecule has 5 heteroatoms. The van der Waals surface area contributed by atoms with Gasteiger partial charge in [0.25, 0.3) is 5.69 Å². The molecular weight excluding hydrogens is 350 g/mol. The second-order valence-electron chi connectivity index (χ2n) is 6.56. The Morgan fingerprint density at radius 2 is 1.43 bits per heavy atom. The lowest BCUT2D eigenvalue weighted by molar-refractivity contribution is -0.384. The predicted molar refractivity (Wildman–Crippen MR) is 110 cm³/mol. The van der Waals surface area contributed by atoms with Crippen LogP contribution in [-0.4, -0.2) is 14.3 Å². The van der Waals surface area contributed by atoms with Crippen LogP contribution in [0.2, 0.25) is 0 Å². The minimum Gasteiger partial charge on any atom is -0.306 e. The Bertz CT molecular complexity index is 1320. The van der Waals surface area contributed by atoms with Crippen molar-refractivity contribution in [3.05, 3.63) is 101 Å². The molecule has 134 valence electrons. The molecule has 5 nitrogen and oxygen atoms in total. The third-order valence-electron chi connectivity index (χ3n) is 4.90. The van der Waals surface area contributed by atoms with E-state index in [4.69, 9.17) is 4.98 Å². The number of aromatic nitrogens is 2. The van der Waals surface area contributed by atoms with Crippen molar-refractivity contribution in [3.63, 3.8) is 0 Å². The molecule has 0 spiro atoms. The number of nitro groups is 1. The molecule has 0 unspecified atom stereocenters. The summed E-state index contributed by atoms with van der Waals surface area (Å²) < 4.78 is 2.17. The molecule has 0 fully saturated rings. The molecule has 28 heavy (non-hydrogen) atoms. The van der Waals surface area contributed by atoms with Crippen LogP contribution in [0.4, 0.5) is 5.69 Å². The number of hydrogen-bond acceptors (Lipinski definition) is 3. The van der Waals surface area contributed by atoms with Gasteiger partial charge in [0.15, 0.2) is 0 Å². The van der Waals surface area contributed by atoms with E-state index in [1.807, 2.05) is 48.5 Å². The average molecular weight is 365 g/mol. The number of nitrogens with zero attached hydrogens (tertiary/aromatic N) is 3. The average Bonchev–Trinajstić information content (AvgIpc) is 3.19. The van der Waals surface area contributed by atoms with Gasteiger partial charge in [-0.25, -0.2) is 4.98 Å². The highest BCUT2D eigenvalue weighted by Gasteiger charge is 2.15. The summed E-state index contributed by atoms with van der Waals surface area (Å²) in [5.41, 5.74) is 6.82. The van der Waals surface area contributed by atoms with Gasteiger partial charge in [-0.2, -0.15) is 0 Å². The zero-order chi connectivity index (χ0) is 19.1. The van der Waals surface area contributed by atoms with Gasteiger partial charge in [0, 0.05) is 17.7 Å². The number of para-hydroxylation sites is 2. The zero-order valence-electron chi connectivity index (χ0n) is 14.8. The molecule has 0 atom stereocenters. The minimum atomic E-state index is -0.382. The highest BCUT2D eigenvalue weighted by molar-refractivity contribution is 5.90. The summed E-state index contributed by atoms with van der Waals surface area (Å²) in [4.78, 5) is 15.5. The molecule has 0 bridgehead atoms. The van der Waals surface area contributed by atoms with E-state index in [9.17, 15) is 10.1 Å². The molecule has 0 radical (unpaired) electrons. The van der Waals surface area contributed by atoms with Crippen molar-refractivity contribution in [1.82, 2.24) is 9.38 Å². The van der Waals surface area contributed by atoms with E-state index in [1.165, 1.54) is 12.1 Å². The second kappa shape index (κ2) is 6.32. The number of nitro benzene ring substituents is 1. The first kappa shape index (κ1) is 16.2. The fraction of sp³-hybridized carbons (Fsp3) is 0. The predicted octanol–water partition coefficient (Wildman–Crippen LogP) is 5.73. The molecule has 0 amide bonds. The van der Waals surface area contributed by atoms with Gasteiger partial charge in [0.05, 0.1) is 32.9 Å². The van der Waals surface area contributed by atoms with Crippen molar-refractivity contribution < 1.29 is 4.92 Å². The highest BCUT2D eigenvalue weighted by atomic mass is 16.6. The van der Waals surface area contributed by atoms with Crippen LogP contribution in [0, 0.1) is 10.1 Å². The van der Waals surface area contributed by atoms with Gasteiger partial charge in [-0.15, -0.1) is 0 Å². The van der Waals surface area contributed by atoms with Gasteiger partial charge < -0.3 is 4.40 Å². The van der Waals surface area contributed by atoms with E-state index in [0.717, 1.165) is 39.1 Å². The number of benzene rings is 3. The lowest BCUT2D eigenvalue weighted by Gasteiger charge is -2.11. The van der Waals surface area contributed by atoms with Crippen LogP contribution in [0.15, 0.2) is 91.0 Å². The van der Waals surface area contributed by atoms with E-state index in [-0.39, 0.29) is 10.6 Å². The smallest absolute Gasteiger partial charge is 0.269 e. The van der Waals surface area contributed by atoms with Crippen LogP contribution in [0.3, 0.4) is 0 Å². The summed E-state index contributed by atoms with van der Waals surface area (Å²) in [6.07, 6.45) is 0. The van der Waals surface area contributed by atoms with E-state index < -0.39 is 0 Å². The molecular formula is C23H15N3O2. The van der Waals surface area contributed by atoms with Crippen molar-refractivity contribution in [2.24, 2.45) is 0 Å². The fourth-order valence-electron chi connectivity index (χ4n) is 3.59. The summed E-state index contributed by atoms with van der Waals surface area (Å²) >= 11 is 0. The molecule has 0 saturated carbocycles. The highest BCUT2D eigenvalue weighted by Crippen LogP contribution is 2.33. The molecule has 0 aliphatic rings. The van der Waals surface area contributed by atoms with Crippen molar-refractivity contribution >= 4 is 22.2 Å². The van der Waals surface area contributed by atoms with E-state index in [2.05, 4.69) is 22.6 Å². The summed E-state index contributed by atoms with van der Waals surface area (Å²) in [6.45, 7) is 0. The molecule has 5 aromatic rings. The van der Waals surface area contributed by atoms with Crippen LogP contribution >= 0.6 is 0 Å². The SMILES string of the molecule is O=[N+]([O-])c1ccc(-c2ccc3c(-c4ccccc4)nc4ccccc4n23)cc1. The van der Waals surface area contributed by atoms with Crippen LogP contribution in [0.25, 0.3) is 39.1 Å². The third kappa shape index (κ3) is 2.53. The largest absolute Gasteiger partial charge is 0.306 e. The number of fused-ring (bicyclic) bond motifs is 3. The van der Waals surface area contributed by atoms with Crippen LogP contribution in [-0.2, 0) is 0 Å². The van der Waals surface area contributed by atoms with Crippen LogP contribution < -0.4 is 0 Å². The molecule has 0 saturated heterocycles. The Hall–Kier alpha value is -3.99. The van der Waals surface area contributed by atoms with Crippen molar-refractivity contribution in [2.75, 3.05) is 0 Å². The molecule has 2 aromatic heterocycles. The Balaban J connectivity index is 1.82. The summed E-state index contributed by atoms with van der Waals surface area (Å²) in [5, 5.41) is 11.0. The maximum Gasteiger partial charge on any atom is 0.269 e. The summed E-state index contributed by atoms with van der Waals surface area (Å²) in [7, 11) is 0. The number of rotatable bonds is 3. The number of non-ortho nitro benzene ring substituents is 1. The summed E-state index contributed by atoms with van der Waals surface area (Å²) in [6, 6.07) is 28.9. The van der Waals surface area contributed by atoms with E-state index in [0.29, 0.717) is 0 Å². The maximum absolute atomic E-state index is 11.0. The Morgan fingerprint density at radius 3 is 2.18 bits per heavy atom. The molecule has 0 aliphatic heterocycles. The second-order valence-corrected chi connectivity index (χ2v) is 6.56. The third-order valence-corrected chi connectivity index (χ3v) is 4.90. The van der Waals surface area contributed by atoms with Crippen molar-refractivity contribution in [1.29, 1.82) is 0 Å². The fourth-order valence-corrected chi connectivity index (χ4v) is 3.59. The lowest BCUT2D eigenvalue weighted by Crippen LogP contribution is -1.97. The quantitative estimate of drug-likeness (QED) is 0.303. The van der Waals surface area contributed by atoms with Crippen molar-refractivity contribution in [3.8, 4) is 22.5 Å². The normalized spacial score (nSPS) is 11.1. The molecule has 0 N–H and O–H groups in total. The van der Waals surface area contributed by atoms with E-state index >= 15 is 0 Å². The molecule has 5 rings (SSSR count). The Labute approximate surface area is 160 Å².